The van der Waals surface area contributed by atoms with Crippen molar-refractivity contribution in [2.24, 2.45) is 0 Å². The molecular formula is C11H17NO. The van der Waals surface area contributed by atoms with Gasteiger partial charge in [-0.2, -0.15) is 0 Å². The molecule has 0 bridgehead atoms. The van der Waals surface area contributed by atoms with Gasteiger partial charge in [-0.3, -0.25) is 0 Å². The number of aryl methyl sites for hydroxylation is 1. The zero-order valence-corrected chi connectivity index (χ0v) is 8.54. The summed E-state index contributed by atoms with van der Waals surface area (Å²) in [5.74, 6) is 0. The molecule has 1 N–H and O–H groups in total. The van der Waals surface area contributed by atoms with Crippen LogP contribution in [0.1, 0.15) is 18.1 Å². The number of nitrogens with zero attached hydrogens (tertiary/aromatic N) is 1. The maximum Gasteiger partial charge on any atom is 0.0702 e. The van der Waals surface area contributed by atoms with Crippen LogP contribution in [0.4, 0.5) is 5.69 Å². The highest BCUT2D eigenvalue weighted by Gasteiger charge is 2.03. The molecule has 1 aromatic carbocycles. The van der Waals surface area contributed by atoms with E-state index in [4.69, 9.17) is 5.11 Å². The smallest absolute Gasteiger partial charge is 0.0702 e. The molecule has 1 rings (SSSR count). The Bertz CT molecular complexity index is 281. The van der Waals surface area contributed by atoms with Gasteiger partial charge >= 0.3 is 0 Å². The molecular weight excluding hydrogens is 162 g/mol. The Hall–Kier alpha value is -1.02. The Balaban J connectivity index is 3.08. The van der Waals surface area contributed by atoms with Crippen molar-refractivity contribution in [2.75, 3.05) is 19.0 Å². The van der Waals surface area contributed by atoms with Crippen LogP contribution in [0.2, 0.25) is 0 Å². The predicted octanol–water partition coefficient (Wildman–Crippen LogP) is 1.81. The first-order valence-corrected chi connectivity index (χ1v) is 4.59. The van der Waals surface area contributed by atoms with E-state index in [-0.39, 0.29) is 6.61 Å². The van der Waals surface area contributed by atoms with E-state index in [1.165, 1.54) is 5.56 Å². The summed E-state index contributed by atoms with van der Waals surface area (Å²) in [5, 5.41) is 9.16. The van der Waals surface area contributed by atoms with Crippen LogP contribution in [0, 0.1) is 0 Å². The Morgan fingerprint density at radius 2 is 2.00 bits per heavy atom. The summed E-state index contributed by atoms with van der Waals surface area (Å²) in [4.78, 5) is 2.02. The fraction of sp³-hybridized carbons (Fsp3) is 0.455. The van der Waals surface area contributed by atoms with Gasteiger partial charge in [-0.05, 0) is 18.1 Å². The Morgan fingerprint density at radius 1 is 1.31 bits per heavy atom. The SMILES string of the molecule is CCc1ccc(N(C)C)c(CO)c1. The molecule has 0 amide bonds. The van der Waals surface area contributed by atoms with Crippen LogP contribution >= 0.6 is 0 Å². The molecule has 2 nitrogen and oxygen atoms in total. The second kappa shape index (κ2) is 4.28. The van der Waals surface area contributed by atoms with Crippen molar-refractivity contribution in [1.29, 1.82) is 0 Å². The minimum Gasteiger partial charge on any atom is -0.392 e. The van der Waals surface area contributed by atoms with Gasteiger partial charge in [0.05, 0.1) is 6.61 Å². The standard InChI is InChI=1S/C11H17NO/c1-4-9-5-6-11(12(2)3)10(7-9)8-13/h5-7,13H,4,8H2,1-3H3. The topological polar surface area (TPSA) is 23.5 Å². The van der Waals surface area contributed by atoms with Gasteiger partial charge in [-0.25, -0.2) is 0 Å². The lowest BCUT2D eigenvalue weighted by molar-refractivity contribution is 0.282. The zero-order valence-electron chi connectivity index (χ0n) is 8.54. The molecule has 0 aromatic heterocycles. The van der Waals surface area contributed by atoms with E-state index >= 15 is 0 Å². The van der Waals surface area contributed by atoms with Crippen LogP contribution < -0.4 is 4.90 Å². The average Bonchev–Trinajstić information content (AvgIpc) is 2.16. The Labute approximate surface area is 79.8 Å². The van der Waals surface area contributed by atoms with Gasteiger partial charge in [0.25, 0.3) is 0 Å². The van der Waals surface area contributed by atoms with E-state index in [1.54, 1.807) is 0 Å². The predicted molar refractivity (Wildman–Crippen MR) is 56.1 cm³/mol. The first-order valence-electron chi connectivity index (χ1n) is 4.59. The van der Waals surface area contributed by atoms with Crippen molar-refractivity contribution in [3.05, 3.63) is 29.3 Å². The molecule has 0 unspecified atom stereocenters. The molecule has 0 fully saturated rings. The molecule has 0 aliphatic rings. The van der Waals surface area contributed by atoms with Crippen LogP contribution in [0.5, 0.6) is 0 Å². The van der Waals surface area contributed by atoms with E-state index < -0.39 is 0 Å². The third-order valence-corrected chi connectivity index (χ3v) is 2.20. The van der Waals surface area contributed by atoms with Crippen molar-refractivity contribution in [3.63, 3.8) is 0 Å². The minimum atomic E-state index is 0.112. The van der Waals surface area contributed by atoms with Crippen LogP contribution in [0.15, 0.2) is 18.2 Å². The summed E-state index contributed by atoms with van der Waals surface area (Å²) in [6.07, 6.45) is 1.01. The third kappa shape index (κ3) is 2.22. The lowest BCUT2D eigenvalue weighted by atomic mass is 10.1. The summed E-state index contributed by atoms with van der Waals surface area (Å²) >= 11 is 0. The van der Waals surface area contributed by atoms with Gasteiger partial charge in [0, 0.05) is 25.3 Å². The van der Waals surface area contributed by atoms with E-state index in [0.717, 1.165) is 17.7 Å². The first kappa shape index (κ1) is 10.1. The van der Waals surface area contributed by atoms with Gasteiger partial charge in [0.2, 0.25) is 0 Å². The number of aliphatic hydroxyl groups excluding tert-OH is 1. The second-order valence-corrected chi connectivity index (χ2v) is 3.37. The van der Waals surface area contributed by atoms with Crippen LogP contribution in [-0.4, -0.2) is 19.2 Å². The highest BCUT2D eigenvalue weighted by atomic mass is 16.3. The first-order chi connectivity index (χ1) is 6.19. The molecule has 0 saturated heterocycles. The van der Waals surface area contributed by atoms with Crippen molar-refractivity contribution < 1.29 is 5.11 Å². The molecule has 0 aliphatic carbocycles. The maximum absolute atomic E-state index is 9.16. The molecule has 0 spiro atoms. The van der Waals surface area contributed by atoms with Crippen molar-refractivity contribution in [3.8, 4) is 0 Å². The summed E-state index contributed by atoms with van der Waals surface area (Å²) in [6, 6.07) is 6.23. The van der Waals surface area contributed by atoms with Gasteiger partial charge < -0.3 is 10.0 Å². The molecule has 2 heteroatoms. The molecule has 0 atom stereocenters. The third-order valence-electron chi connectivity index (χ3n) is 2.20. The Morgan fingerprint density at radius 3 is 2.46 bits per heavy atom. The quantitative estimate of drug-likeness (QED) is 0.765. The number of hydrogen-bond donors (Lipinski definition) is 1. The summed E-state index contributed by atoms with van der Waals surface area (Å²) in [5.41, 5.74) is 3.37. The highest BCUT2D eigenvalue weighted by Crippen LogP contribution is 2.20. The highest BCUT2D eigenvalue weighted by molar-refractivity contribution is 5.53. The number of aliphatic hydroxyl groups is 1. The van der Waals surface area contributed by atoms with Crippen molar-refractivity contribution in [2.45, 2.75) is 20.0 Å². The van der Waals surface area contributed by atoms with E-state index in [0.29, 0.717) is 0 Å². The fourth-order valence-corrected chi connectivity index (χ4v) is 1.42. The normalized spacial score (nSPS) is 10.2. The molecule has 0 heterocycles. The van der Waals surface area contributed by atoms with Gasteiger partial charge in [0.15, 0.2) is 0 Å². The molecule has 0 aliphatic heterocycles. The largest absolute Gasteiger partial charge is 0.392 e. The lowest BCUT2D eigenvalue weighted by Gasteiger charge is -2.17. The number of rotatable bonds is 3. The second-order valence-electron chi connectivity index (χ2n) is 3.37. The maximum atomic E-state index is 9.16. The summed E-state index contributed by atoms with van der Waals surface area (Å²) in [6.45, 7) is 2.23. The van der Waals surface area contributed by atoms with Crippen LogP contribution in [0.3, 0.4) is 0 Å². The summed E-state index contributed by atoms with van der Waals surface area (Å²) in [7, 11) is 3.97. The number of hydrogen-bond acceptors (Lipinski definition) is 2. The van der Waals surface area contributed by atoms with Gasteiger partial charge in [0.1, 0.15) is 0 Å². The molecule has 0 radical (unpaired) electrons. The number of benzene rings is 1. The van der Waals surface area contributed by atoms with E-state index in [1.807, 2.05) is 19.0 Å². The van der Waals surface area contributed by atoms with Crippen molar-refractivity contribution in [1.82, 2.24) is 0 Å². The van der Waals surface area contributed by atoms with E-state index in [9.17, 15) is 0 Å². The molecule has 1 aromatic rings. The van der Waals surface area contributed by atoms with E-state index in [2.05, 4.69) is 25.1 Å². The Kier molecular flexibility index (Phi) is 3.32. The van der Waals surface area contributed by atoms with Crippen LogP contribution in [-0.2, 0) is 13.0 Å². The average molecular weight is 179 g/mol. The molecule has 13 heavy (non-hydrogen) atoms. The van der Waals surface area contributed by atoms with Gasteiger partial charge in [-0.1, -0.05) is 19.1 Å². The van der Waals surface area contributed by atoms with Crippen molar-refractivity contribution >= 4 is 5.69 Å². The minimum absolute atomic E-state index is 0.112. The van der Waals surface area contributed by atoms with Gasteiger partial charge in [-0.15, -0.1) is 0 Å². The number of anilines is 1. The zero-order chi connectivity index (χ0) is 9.84. The summed E-state index contributed by atoms with van der Waals surface area (Å²) < 4.78 is 0. The monoisotopic (exact) mass is 179 g/mol. The molecule has 0 saturated carbocycles. The molecule has 72 valence electrons. The van der Waals surface area contributed by atoms with Crippen LogP contribution in [0.25, 0.3) is 0 Å². The lowest BCUT2D eigenvalue weighted by Crippen LogP contribution is -2.11. The fourth-order valence-electron chi connectivity index (χ4n) is 1.42.